The van der Waals surface area contributed by atoms with Gasteiger partial charge < -0.3 is 14.5 Å². The van der Waals surface area contributed by atoms with E-state index in [1.165, 1.54) is 11.6 Å². The second-order valence-electron chi connectivity index (χ2n) is 6.90. The highest BCUT2D eigenvalue weighted by atomic mass is 35.5. The van der Waals surface area contributed by atoms with Gasteiger partial charge in [-0.05, 0) is 37.3 Å². The number of nitrogens with zero attached hydrogens (tertiary/aromatic N) is 1. The zero-order chi connectivity index (χ0) is 21.1. The summed E-state index contributed by atoms with van der Waals surface area (Å²) in [6, 6.07) is 18.1. The fourth-order valence-electron chi connectivity index (χ4n) is 3.18. The molecule has 0 fully saturated rings. The molecule has 3 aromatic carbocycles. The Bertz CT molecular complexity index is 1190. The number of ether oxygens (including phenoxy) is 2. The van der Waals surface area contributed by atoms with Crippen molar-refractivity contribution in [1.82, 2.24) is 9.97 Å². The number of imidazole rings is 1. The third kappa shape index (κ3) is 4.31. The van der Waals surface area contributed by atoms with Crippen LogP contribution < -0.4 is 9.47 Å². The molecule has 0 bridgehead atoms. The molecule has 0 aliphatic rings. The van der Waals surface area contributed by atoms with Crippen molar-refractivity contribution in [2.24, 2.45) is 0 Å². The van der Waals surface area contributed by atoms with Crippen molar-refractivity contribution in [1.29, 1.82) is 0 Å². The summed E-state index contributed by atoms with van der Waals surface area (Å²) in [7, 11) is 1.60. The predicted octanol–water partition coefficient (Wildman–Crippen LogP) is 6.43. The minimum absolute atomic E-state index is 0.0903. The second-order valence-corrected chi connectivity index (χ2v) is 7.34. The zero-order valence-electron chi connectivity index (χ0n) is 16.6. The van der Waals surface area contributed by atoms with E-state index in [4.69, 9.17) is 21.1 Å². The Morgan fingerprint density at radius 3 is 2.70 bits per heavy atom. The fraction of sp³-hybridized carbons (Fsp3) is 0.125. The van der Waals surface area contributed by atoms with Gasteiger partial charge in [-0.3, -0.25) is 0 Å². The standard InChI is InChI=1S/C24H20ClFN2O2/c1-15-4-3-5-16(10-15)24-27-13-22(28-24)20-9-8-19(12-23(20)29-2)30-14-17-6-7-18(25)11-21(17)26/h3-13H,14H2,1-2H3,(H,27,28). The first-order chi connectivity index (χ1) is 14.5. The van der Waals surface area contributed by atoms with Crippen molar-refractivity contribution in [3.8, 4) is 34.1 Å². The van der Waals surface area contributed by atoms with Gasteiger partial charge in [-0.15, -0.1) is 0 Å². The Hall–Kier alpha value is -3.31. The first kappa shape index (κ1) is 20.0. The van der Waals surface area contributed by atoms with Crippen molar-refractivity contribution in [2.75, 3.05) is 7.11 Å². The van der Waals surface area contributed by atoms with Crippen LogP contribution in [0.3, 0.4) is 0 Å². The number of aromatic nitrogens is 2. The molecule has 1 aromatic heterocycles. The van der Waals surface area contributed by atoms with Crippen molar-refractivity contribution in [3.05, 3.63) is 88.8 Å². The van der Waals surface area contributed by atoms with E-state index >= 15 is 0 Å². The summed E-state index contributed by atoms with van der Waals surface area (Å²) in [5, 5.41) is 0.354. The number of aromatic amines is 1. The van der Waals surface area contributed by atoms with Crippen LogP contribution >= 0.6 is 11.6 Å². The summed E-state index contributed by atoms with van der Waals surface area (Å²) in [5.74, 6) is 1.59. The van der Waals surface area contributed by atoms with Gasteiger partial charge in [0, 0.05) is 27.8 Å². The molecule has 4 rings (SSSR count). The van der Waals surface area contributed by atoms with Gasteiger partial charge in [0.2, 0.25) is 0 Å². The maximum absolute atomic E-state index is 14.0. The van der Waals surface area contributed by atoms with Gasteiger partial charge in [-0.2, -0.15) is 0 Å². The zero-order valence-corrected chi connectivity index (χ0v) is 17.3. The van der Waals surface area contributed by atoms with Crippen LogP contribution in [-0.2, 0) is 6.61 Å². The number of hydrogen-bond acceptors (Lipinski definition) is 3. The number of rotatable bonds is 6. The van der Waals surface area contributed by atoms with Crippen molar-refractivity contribution in [2.45, 2.75) is 13.5 Å². The number of halogens is 2. The molecular formula is C24H20ClFN2O2. The molecule has 4 nitrogen and oxygen atoms in total. The summed E-state index contributed by atoms with van der Waals surface area (Å²) in [6.07, 6.45) is 1.78. The minimum atomic E-state index is -0.396. The van der Waals surface area contributed by atoms with E-state index in [1.54, 1.807) is 31.5 Å². The Morgan fingerprint density at radius 2 is 1.93 bits per heavy atom. The highest BCUT2D eigenvalue weighted by molar-refractivity contribution is 6.30. The average Bonchev–Trinajstić information content (AvgIpc) is 3.23. The Labute approximate surface area is 179 Å². The molecule has 0 saturated heterocycles. The molecule has 0 aliphatic carbocycles. The average molecular weight is 423 g/mol. The molecule has 152 valence electrons. The lowest BCUT2D eigenvalue weighted by Crippen LogP contribution is -1.99. The molecule has 0 radical (unpaired) electrons. The quantitative estimate of drug-likeness (QED) is 0.389. The van der Waals surface area contributed by atoms with Crippen LogP contribution in [0.25, 0.3) is 22.6 Å². The molecule has 0 aliphatic heterocycles. The molecule has 4 aromatic rings. The first-order valence-electron chi connectivity index (χ1n) is 9.40. The highest BCUT2D eigenvalue weighted by Gasteiger charge is 2.12. The van der Waals surface area contributed by atoms with Crippen LogP contribution in [0.1, 0.15) is 11.1 Å². The largest absolute Gasteiger partial charge is 0.496 e. The number of hydrogen-bond donors (Lipinski definition) is 1. The summed E-state index contributed by atoms with van der Waals surface area (Å²) in [4.78, 5) is 7.84. The normalized spacial score (nSPS) is 10.8. The molecule has 0 spiro atoms. The van der Waals surface area contributed by atoms with Crippen molar-refractivity contribution in [3.63, 3.8) is 0 Å². The van der Waals surface area contributed by atoms with Gasteiger partial charge in [-0.25, -0.2) is 9.37 Å². The maximum Gasteiger partial charge on any atom is 0.137 e. The van der Waals surface area contributed by atoms with Crippen LogP contribution in [0.5, 0.6) is 11.5 Å². The number of H-pyrrole nitrogens is 1. The van der Waals surface area contributed by atoms with Crippen LogP contribution in [0.2, 0.25) is 5.02 Å². The first-order valence-corrected chi connectivity index (χ1v) is 9.78. The third-order valence-electron chi connectivity index (χ3n) is 4.74. The molecule has 0 saturated carbocycles. The lowest BCUT2D eigenvalue weighted by molar-refractivity contribution is 0.297. The van der Waals surface area contributed by atoms with Crippen LogP contribution in [-0.4, -0.2) is 17.1 Å². The van der Waals surface area contributed by atoms with Gasteiger partial charge >= 0.3 is 0 Å². The molecule has 1 N–H and O–H groups in total. The van der Waals surface area contributed by atoms with Crippen LogP contribution in [0.4, 0.5) is 4.39 Å². The Morgan fingerprint density at radius 1 is 1.07 bits per heavy atom. The monoisotopic (exact) mass is 422 g/mol. The molecule has 0 amide bonds. The predicted molar refractivity (Wildman–Crippen MR) is 116 cm³/mol. The molecule has 0 atom stereocenters. The van der Waals surface area contributed by atoms with Gasteiger partial charge in [0.1, 0.15) is 29.7 Å². The lowest BCUT2D eigenvalue weighted by atomic mass is 10.1. The van der Waals surface area contributed by atoms with Crippen molar-refractivity contribution < 1.29 is 13.9 Å². The van der Waals surface area contributed by atoms with Gasteiger partial charge in [0.25, 0.3) is 0 Å². The highest BCUT2D eigenvalue weighted by Crippen LogP contribution is 2.34. The number of aryl methyl sites for hydroxylation is 1. The van der Waals surface area contributed by atoms with E-state index in [0.29, 0.717) is 22.1 Å². The molecular weight excluding hydrogens is 403 g/mol. The SMILES string of the molecule is COc1cc(OCc2ccc(Cl)cc2F)ccc1-c1cnc(-c2cccc(C)c2)[nH]1. The van der Waals surface area contributed by atoms with E-state index in [2.05, 4.69) is 16.0 Å². The molecule has 1 heterocycles. The maximum atomic E-state index is 14.0. The molecule has 30 heavy (non-hydrogen) atoms. The van der Waals surface area contributed by atoms with E-state index in [0.717, 1.165) is 22.6 Å². The summed E-state index contributed by atoms with van der Waals surface area (Å²) >= 11 is 5.79. The minimum Gasteiger partial charge on any atom is -0.496 e. The Balaban J connectivity index is 1.55. The van der Waals surface area contributed by atoms with Gasteiger partial charge in [-0.1, -0.05) is 41.4 Å². The van der Waals surface area contributed by atoms with Gasteiger partial charge in [0.05, 0.1) is 19.0 Å². The molecule has 0 unspecified atom stereocenters. The smallest absolute Gasteiger partial charge is 0.137 e. The third-order valence-corrected chi connectivity index (χ3v) is 4.98. The number of benzene rings is 3. The van der Waals surface area contributed by atoms with Gasteiger partial charge in [0.15, 0.2) is 0 Å². The number of nitrogens with one attached hydrogen (secondary N) is 1. The lowest BCUT2D eigenvalue weighted by Gasteiger charge is -2.11. The van der Waals surface area contributed by atoms with Crippen molar-refractivity contribution >= 4 is 11.6 Å². The summed E-state index contributed by atoms with van der Waals surface area (Å²) in [6.45, 7) is 2.14. The van der Waals surface area contributed by atoms with E-state index in [-0.39, 0.29) is 6.61 Å². The summed E-state index contributed by atoms with van der Waals surface area (Å²) < 4.78 is 25.2. The topological polar surface area (TPSA) is 47.1 Å². The summed E-state index contributed by atoms with van der Waals surface area (Å²) in [5.41, 5.74) is 4.30. The van der Waals surface area contributed by atoms with E-state index in [1.807, 2.05) is 37.3 Å². The Kier molecular flexibility index (Phi) is 5.72. The fourth-order valence-corrected chi connectivity index (χ4v) is 3.34. The molecule has 6 heteroatoms. The van der Waals surface area contributed by atoms with Crippen LogP contribution in [0.15, 0.2) is 66.9 Å². The second kappa shape index (κ2) is 8.59. The van der Waals surface area contributed by atoms with E-state index in [9.17, 15) is 4.39 Å². The number of methoxy groups -OCH3 is 1. The van der Waals surface area contributed by atoms with Crippen LogP contribution in [0, 0.1) is 12.7 Å². The van der Waals surface area contributed by atoms with E-state index < -0.39 is 5.82 Å².